The highest BCUT2D eigenvalue weighted by atomic mass is 19.1. The van der Waals surface area contributed by atoms with Gasteiger partial charge in [-0.05, 0) is 18.6 Å². The van der Waals surface area contributed by atoms with Crippen LogP contribution in [0.1, 0.15) is 36.5 Å². The molecule has 0 spiro atoms. The second-order valence-corrected chi connectivity index (χ2v) is 4.03. The van der Waals surface area contributed by atoms with Crippen molar-refractivity contribution < 1.29 is 13.9 Å². The van der Waals surface area contributed by atoms with Crippen LogP contribution in [0.5, 0.6) is 0 Å². The number of methoxy groups -OCH3 is 1. The molecule has 0 unspecified atom stereocenters. The smallest absolute Gasteiger partial charge is 0.291 e. The number of nitrogens with zero attached hydrogens (tertiary/aromatic N) is 1. The fraction of sp³-hybridized carbons (Fsp3) is 0.429. The van der Waals surface area contributed by atoms with Crippen LogP contribution in [-0.2, 0) is 4.74 Å². The Kier molecular flexibility index (Phi) is 6.57. The van der Waals surface area contributed by atoms with E-state index < -0.39 is 11.7 Å². The van der Waals surface area contributed by atoms with Crippen LogP contribution in [0, 0.1) is 5.82 Å². The number of hydrogen-bond acceptors (Lipinski definition) is 3. The molecular formula is C14H19FN2O2. The van der Waals surface area contributed by atoms with Gasteiger partial charge in [-0.1, -0.05) is 31.9 Å². The number of benzene rings is 1. The molecule has 0 aliphatic heterocycles. The van der Waals surface area contributed by atoms with Crippen molar-refractivity contribution in [3.05, 3.63) is 35.6 Å². The van der Waals surface area contributed by atoms with Gasteiger partial charge in [0.25, 0.3) is 11.9 Å². The topological polar surface area (TPSA) is 50.7 Å². The number of halogens is 1. The summed E-state index contributed by atoms with van der Waals surface area (Å²) >= 11 is 0. The summed E-state index contributed by atoms with van der Waals surface area (Å²) in [4.78, 5) is 15.9. The summed E-state index contributed by atoms with van der Waals surface area (Å²) < 4.78 is 18.4. The molecule has 0 radical (unpaired) electrons. The summed E-state index contributed by atoms with van der Waals surface area (Å²) in [6, 6.07) is 5.89. The van der Waals surface area contributed by atoms with Crippen LogP contribution < -0.4 is 5.32 Å². The first-order valence-electron chi connectivity index (χ1n) is 6.33. The van der Waals surface area contributed by atoms with Crippen molar-refractivity contribution in [1.82, 2.24) is 5.32 Å². The van der Waals surface area contributed by atoms with E-state index in [1.807, 2.05) is 0 Å². The molecule has 0 aliphatic carbocycles. The van der Waals surface area contributed by atoms with Gasteiger partial charge in [-0.3, -0.25) is 10.1 Å². The van der Waals surface area contributed by atoms with Gasteiger partial charge in [0.2, 0.25) is 0 Å². The lowest BCUT2D eigenvalue weighted by Crippen LogP contribution is -2.32. The number of rotatable bonds is 5. The summed E-state index contributed by atoms with van der Waals surface area (Å²) in [5.74, 6) is -1.13. The average Bonchev–Trinajstić information content (AvgIpc) is 2.42. The molecule has 0 fully saturated rings. The number of carbonyl (C=O) groups is 1. The summed E-state index contributed by atoms with van der Waals surface area (Å²) in [6.07, 6.45) is 3.10. The van der Waals surface area contributed by atoms with Crippen molar-refractivity contribution in [1.29, 1.82) is 0 Å². The summed E-state index contributed by atoms with van der Waals surface area (Å²) in [6.45, 7) is 2.68. The van der Waals surface area contributed by atoms with E-state index in [1.165, 1.54) is 25.3 Å². The zero-order chi connectivity index (χ0) is 14.1. The predicted octanol–water partition coefficient (Wildman–Crippen LogP) is 2.75. The van der Waals surface area contributed by atoms with Gasteiger partial charge in [-0.15, -0.1) is 0 Å². The van der Waals surface area contributed by atoms with Gasteiger partial charge >= 0.3 is 0 Å². The normalized spacial score (nSPS) is 11.2. The SMILES string of the molecule is CCCCCN=C(NC(=O)c1ccccc1F)OC. The van der Waals surface area contributed by atoms with Gasteiger partial charge in [0.1, 0.15) is 5.82 Å². The number of aliphatic imine (C=N–C) groups is 1. The van der Waals surface area contributed by atoms with Crippen LogP contribution in [0.3, 0.4) is 0 Å². The fourth-order valence-corrected chi connectivity index (χ4v) is 1.51. The molecule has 0 aromatic heterocycles. The Morgan fingerprint density at radius 1 is 1.37 bits per heavy atom. The number of amidine groups is 1. The highest BCUT2D eigenvalue weighted by molar-refractivity contribution is 6.04. The maximum Gasteiger partial charge on any atom is 0.291 e. The number of amides is 1. The third-order valence-electron chi connectivity index (χ3n) is 2.55. The van der Waals surface area contributed by atoms with Gasteiger partial charge in [-0.2, -0.15) is 0 Å². The maximum absolute atomic E-state index is 13.4. The van der Waals surface area contributed by atoms with Crippen molar-refractivity contribution in [3.63, 3.8) is 0 Å². The lowest BCUT2D eigenvalue weighted by Gasteiger charge is -2.07. The standard InChI is InChI=1S/C14H19FN2O2/c1-3-4-7-10-16-14(19-2)17-13(18)11-8-5-6-9-12(11)15/h5-6,8-9H,3-4,7,10H2,1-2H3,(H,16,17,18). The van der Waals surface area contributed by atoms with Crippen molar-refractivity contribution >= 4 is 11.9 Å². The monoisotopic (exact) mass is 266 g/mol. The molecule has 0 bridgehead atoms. The fourth-order valence-electron chi connectivity index (χ4n) is 1.51. The molecule has 1 rings (SSSR count). The molecule has 19 heavy (non-hydrogen) atoms. The highest BCUT2D eigenvalue weighted by Crippen LogP contribution is 2.05. The minimum Gasteiger partial charge on any atom is -0.468 e. The van der Waals surface area contributed by atoms with E-state index in [4.69, 9.17) is 4.74 Å². The molecule has 0 aliphatic rings. The molecule has 1 amide bonds. The zero-order valence-corrected chi connectivity index (χ0v) is 11.3. The van der Waals surface area contributed by atoms with Crippen molar-refractivity contribution in [2.45, 2.75) is 26.2 Å². The number of hydrogen-bond donors (Lipinski definition) is 1. The quantitative estimate of drug-likeness (QED) is 0.506. The Bertz CT molecular complexity index is 447. The van der Waals surface area contributed by atoms with Crippen molar-refractivity contribution in [2.24, 2.45) is 4.99 Å². The zero-order valence-electron chi connectivity index (χ0n) is 11.3. The van der Waals surface area contributed by atoms with Gasteiger partial charge in [-0.25, -0.2) is 9.38 Å². The largest absolute Gasteiger partial charge is 0.468 e. The Morgan fingerprint density at radius 2 is 2.11 bits per heavy atom. The second kappa shape index (κ2) is 8.24. The second-order valence-electron chi connectivity index (χ2n) is 4.03. The van der Waals surface area contributed by atoms with E-state index in [0.29, 0.717) is 6.54 Å². The van der Waals surface area contributed by atoms with Crippen LogP contribution in [0.15, 0.2) is 29.3 Å². The third kappa shape index (κ3) is 5.07. The lowest BCUT2D eigenvalue weighted by atomic mass is 10.2. The average molecular weight is 266 g/mol. The molecule has 0 saturated carbocycles. The van der Waals surface area contributed by atoms with E-state index >= 15 is 0 Å². The molecule has 0 saturated heterocycles. The van der Waals surface area contributed by atoms with E-state index in [9.17, 15) is 9.18 Å². The van der Waals surface area contributed by atoms with Crippen LogP contribution in [0.4, 0.5) is 4.39 Å². The molecule has 1 N–H and O–H groups in total. The van der Waals surface area contributed by atoms with Crippen LogP contribution in [0.25, 0.3) is 0 Å². The minimum atomic E-state index is -0.568. The van der Waals surface area contributed by atoms with Crippen molar-refractivity contribution in [3.8, 4) is 0 Å². The molecule has 1 aromatic rings. The molecule has 1 aromatic carbocycles. The Labute approximate surface area is 112 Å². The summed E-state index contributed by atoms with van der Waals surface area (Å²) in [5, 5.41) is 2.45. The van der Waals surface area contributed by atoms with Gasteiger partial charge in [0, 0.05) is 6.54 Å². The molecule has 0 heterocycles. The minimum absolute atomic E-state index is 0.0270. The van der Waals surface area contributed by atoms with Crippen LogP contribution >= 0.6 is 0 Å². The molecule has 0 atom stereocenters. The Hall–Kier alpha value is -1.91. The first-order valence-corrected chi connectivity index (χ1v) is 6.33. The number of nitrogens with one attached hydrogen (secondary N) is 1. The van der Waals surface area contributed by atoms with E-state index in [2.05, 4.69) is 17.2 Å². The molecule has 5 heteroatoms. The first kappa shape index (κ1) is 15.1. The van der Waals surface area contributed by atoms with E-state index in [-0.39, 0.29) is 11.6 Å². The Balaban J connectivity index is 2.61. The predicted molar refractivity (Wildman–Crippen MR) is 72.7 cm³/mol. The first-order chi connectivity index (χ1) is 9.19. The van der Waals surface area contributed by atoms with Gasteiger partial charge in [0.05, 0.1) is 12.7 Å². The van der Waals surface area contributed by atoms with E-state index in [1.54, 1.807) is 6.07 Å². The summed E-state index contributed by atoms with van der Waals surface area (Å²) in [5.41, 5.74) is -0.0270. The van der Waals surface area contributed by atoms with Crippen LogP contribution in [-0.4, -0.2) is 25.6 Å². The molecular weight excluding hydrogens is 247 g/mol. The Morgan fingerprint density at radius 3 is 2.74 bits per heavy atom. The van der Waals surface area contributed by atoms with Crippen molar-refractivity contribution in [2.75, 3.05) is 13.7 Å². The highest BCUT2D eigenvalue weighted by Gasteiger charge is 2.12. The molecule has 4 nitrogen and oxygen atoms in total. The van der Waals surface area contributed by atoms with Crippen LogP contribution in [0.2, 0.25) is 0 Å². The maximum atomic E-state index is 13.4. The number of carbonyl (C=O) groups excluding carboxylic acids is 1. The summed E-state index contributed by atoms with van der Waals surface area (Å²) in [7, 11) is 1.42. The number of unbranched alkanes of at least 4 members (excludes halogenated alkanes) is 2. The third-order valence-corrected chi connectivity index (χ3v) is 2.55. The number of ether oxygens (including phenoxy) is 1. The van der Waals surface area contributed by atoms with E-state index in [0.717, 1.165) is 19.3 Å². The molecule has 104 valence electrons. The lowest BCUT2D eigenvalue weighted by molar-refractivity contribution is 0.0964. The van der Waals surface area contributed by atoms with Gasteiger partial charge < -0.3 is 4.74 Å². The van der Waals surface area contributed by atoms with Gasteiger partial charge in [0.15, 0.2) is 0 Å².